The van der Waals surface area contributed by atoms with Crippen molar-refractivity contribution in [2.45, 2.75) is 32.7 Å². The molecular formula is C17H20N2O3S. The van der Waals surface area contributed by atoms with Crippen molar-refractivity contribution in [2.24, 2.45) is 5.92 Å². The van der Waals surface area contributed by atoms with Gasteiger partial charge in [0.1, 0.15) is 0 Å². The van der Waals surface area contributed by atoms with E-state index in [2.05, 4.69) is 11.4 Å². The second-order valence-corrected chi connectivity index (χ2v) is 7.37. The minimum absolute atomic E-state index is 0.0221. The largest absolute Gasteiger partial charge is 0.345 e. The van der Waals surface area contributed by atoms with Crippen molar-refractivity contribution in [2.75, 3.05) is 17.2 Å². The second-order valence-electron chi connectivity index (χ2n) is 6.27. The van der Waals surface area contributed by atoms with Crippen LogP contribution in [-0.4, -0.2) is 35.3 Å². The Morgan fingerprint density at radius 3 is 2.52 bits per heavy atom. The first-order chi connectivity index (χ1) is 10.9. The summed E-state index contributed by atoms with van der Waals surface area (Å²) in [6.45, 7) is 4.36. The van der Waals surface area contributed by atoms with Crippen LogP contribution in [0.1, 0.15) is 24.0 Å². The quantitative estimate of drug-likeness (QED) is 0.917. The number of thioether (sulfide) groups is 1. The van der Waals surface area contributed by atoms with Gasteiger partial charge in [-0.2, -0.15) is 0 Å². The van der Waals surface area contributed by atoms with Crippen LogP contribution in [0, 0.1) is 19.8 Å². The fourth-order valence-corrected chi connectivity index (χ4v) is 4.09. The lowest BCUT2D eigenvalue weighted by atomic mass is 10.1. The third-order valence-corrected chi connectivity index (χ3v) is 5.27. The van der Waals surface area contributed by atoms with Crippen LogP contribution in [0.15, 0.2) is 18.2 Å². The van der Waals surface area contributed by atoms with Crippen LogP contribution < -0.4 is 10.2 Å². The molecule has 0 aromatic heterocycles. The van der Waals surface area contributed by atoms with Crippen LogP contribution in [0.2, 0.25) is 0 Å². The SMILES string of the molecule is Cc1cc(C)cc(N2CC(C(=O)NC3CCSC3=O)CC2=O)c1. The smallest absolute Gasteiger partial charge is 0.227 e. The van der Waals surface area contributed by atoms with Crippen LogP contribution in [0.4, 0.5) is 5.69 Å². The molecule has 6 heteroatoms. The van der Waals surface area contributed by atoms with E-state index in [9.17, 15) is 14.4 Å². The van der Waals surface area contributed by atoms with Gasteiger partial charge in [-0.15, -0.1) is 0 Å². The van der Waals surface area contributed by atoms with Crippen molar-refractivity contribution in [3.05, 3.63) is 29.3 Å². The first-order valence-electron chi connectivity index (χ1n) is 7.79. The predicted octanol–water partition coefficient (Wildman–Crippen LogP) is 1.80. The van der Waals surface area contributed by atoms with Crippen molar-refractivity contribution in [3.8, 4) is 0 Å². The molecule has 1 aromatic carbocycles. The Balaban J connectivity index is 1.69. The lowest BCUT2D eigenvalue weighted by molar-refractivity contribution is -0.128. The van der Waals surface area contributed by atoms with E-state index in [0.29, 0.717) is 13.0 Å². The Morgan fingerprint density at radius 1 is 1.22 bits per heavy atom. The van der Waals surface area contributed by atoms with E-state index in [1.165, 1.54) is 11.8 Å². The average molecular weight is 332 g/mol. The first-order valence-corrected chi connectivity index (χ1v) is 8.78. The number of benzene rings is 1. The number of carbonyl (C=O) groups is 3. The topological polar surface area (TPSA) is 66.5 Å². The van der Waals surface area contributed by atoms with Crippen LogP contribution in [0.3, 0.4) is 0 Å². The van der Waals surface area contributed by atoms with Gasteiger partial charge >= 0.3 is 0 Å². The molecular weight excluding hydrogens is 312 g/mol. The van der Waals surface area contributed by atoms with Gasteiger partial charge in [0, 0.05) is 24.4 Å². The summed E-state index contributed by atoms with van der Waals surface area (Å²) in [7, 11) is 0. The highest BCUT2D eigenvalue weighted by molar-refractivity contribution is 8.14. The van der Waals surface area contributed by atoms with E-state index in [-0.39, 0.29) is 29.3 Å². The molecule has 2 aliphatic rings. The molecule has 5 nitrogen and oxygen atoms in total. The molecule has 0 spiro atoms. The maximum atomic E-state index is 12.4. The van der Waals surface area contributed by atoms with Gasteiger partial charge in [-0.3, -0.25) is 14.4 Å². The van der Waals surface area contributed by atoms with Gasteiger partial charge in [-0.1, -0.05) is 17.8 Å². The number of nitrogens with one attached hydrogen (secondary N) is 1. The number of hydrogen-bond donors (Lipinski definition) is 1. The van der Waals surface area contributed by atoms with Crippen LogP contribution in [0.5, 0.6) is 0 Å². The zero-order valence-electron chi connectivity index (χ0n) is 13.3. The van der Waals surface area contributed by atoms with Gasteiger partial charge in [0.15, 0.2) is 0 Å². The molecule has 23 heavy (non-hydrogen) atoms. The zero-order valence-corrected chi connectivity index (χ0v) is 14.1. The summed E-state index contributed by atoms with van der Waals surface area (Å²) in [5.74, 6) is 0.136. The summed E-state index contributed by atoms with van der Waals surface area (Å²) in [6.07, 6.45) is 0.879. The third kappa shape index (κ3) is 3.42. The highest BCUT2D eigenvalue weighted by atomic mass is 32.2. The Kier molecular flexibility index (Phi) is 4.43. The van der Waals surface area contributed by atoms with E-state index < -0.39 is 6.04 Å². The molecule has 1 N–H and O–H groups in total. The molecule has 2 saturated heterocycles. The molecule has 3 rings (SSSR count). The van der Waals surface area contributed by atoms with E-state index in [1.54, 1.807) is 4.90 Å². The molecule has 2 heterocycles. The number of carbonyl (C=O) groups excluding carboxylic acids is 3. The van der Waals surface area contributed by atoms with Gasteiger partial charge in [0.05, 0.1) is 12.0 Å². The monoisotopic (exact) mass is 332 g/mol. The highest BCUT2D eigenvalue weighted by Crippen LogP contribution is 2.28. The minimum Gasteiger partial charge on any atom is -0.345 e. The van der Waals surface area contributed by atoms with E-state index in [0.717, 1.165) is 22.6 Å². The van der Waals surface area contributed by atoms with Gasteiger partial charge in [0.25, 0.3) is 0 Å². The highest BCUT2D eigenvalue weighted by Gasteiger charge is 2.37. The van der Waals surface area contributed by atoms with Crippen LogP contribution >= 0.6 is 11.8 Å². The Morgan fingerprint density at radius 2 is 1.91 bits per heavy atom. The average Bonchev–Trinajstić information content (AvgIpc) is 3.04. The maximum Gasteiger partial charge on any atom is 0.227 e. The Hall–Kier alpha value is -1.82. The van der Waals surface area contributed by atoms with E-state index in [4.69, 9.17) is 0 Å². The second kappa shape index (κ2) is 6.35. The minimum atomic E-state index is -0.391. The molecule has 1 aromatic rings. The zero-order chi connectivity index (χ0) is 16.6. The van der Waals surface area contributed by atoms with E-state index >= 15 is 0 Å². The van der Waals surface area contributed by atoms with Crippen LogP contribution in [0.25, 0.3) is 0 Å². The van der Waals surface area contributed by atoms with Gasteiger partial charge in [-0.05, 0) is 43.5 Å². The maximum absolute atomic E-state index is 12.4. The summed E-state index contributed by atoms with van der Waals surface area (Å²) in [4.78, 5) is 37.9. The molecule has 2 unspecified atom stereocenters. The van der Waals surface area contributed by atoms with Crippen molar-refractivity contribution >= 4 is 34.4 Å². The number of hydrogen-bond acceptors (Lipinski definition) is 4. The Bertz CT molecular complexity index is 654. The normalized spacial score (nSPS) is 24.3. The molecule has 122 valence electrons. The number of anilines is 1. The Labute approximate surface area is 139 Å². The molecule has 2 atom stereocenters. The fraction of sp³-hybridized carbons (Fsp3) is 0.471. The number of rotatable bonds is 3. The summed E-state index contributed by atoms with van der Waals surface area (Å²) in [6, 6.07) is 5.58. The standard InChI is InChI=1S/C17H20N2O3S/c1-10-5-11(2)7-13(6-10)19-9-12(8-15(19)20)16(21)18-14-3-4-23-17(14)22/h5-7,12,14H,3-4,8-9H2,1-2H3,(H,18,21). The summed E-state index contributed by atoms with van der Waals surface area (Å²) >= 11 is 1.26. The molecule has 0 aliphatic carbocycles. The van der Waals surface area contributed by atoms with Crippen LogP contribution in [-0.2, 0) is 14.4 Å². The first kappa shape index (κ1) is 16.1. The molecule has 2 amide bonds. The summed E-state index contributed by atoms with van der Waals surface area (Å²) in [5.41, 5.74) is 3.03. The third-order valence-electron chi connectivity index (χ3n) is 4.27. The lowest BCUT2D eigenvalue weighted by Gasteiger charge is -2.18. The molecule has 2 fully saturated rings. The van der Waals surface area contributed by atoms with Gasteiger partial charge in [-0.25, -0.2) is 0 Å². The molecule has 0 saturated carbocycles. The predicted molar refractivity (Wildman–Crippen MR) is 90.4 cm³/mol. The van der Waals surface area contributed by atoms with Crippen molar-refractivity contribution in [1.82, 2.24) is 5.32 Å². The summed E-state index contributed by atoms with van der Waals surface area (Å²) in [5, 5.41) is 2.82. The van der Waals surface area contributed by atoms with Crippen molar-refractivity contribution in [1.29, 1.82) is 0 Å². The fourth-order valence-electron chi connectivity index (χ4n) is 3.16. The molecule has 0 bridgehead atoms. The van der Waals surface area contributed by atoms with Crippen molar-refractivity contribution < 1.29 is 14.4 Å². The number of aryl methyl sites for hydroxylation is 2. The van der Waals surface area contributed by atoms with Crippen molar-refractivity contribution in [3.63, 3.8) is 0 Å². The van der Waals surface area contributed by atoms with Gasteiger partial charge in [0.2, 0.25) is 16.9 Å². The van der Waals surface area contributed by atoms with Gasteiger partial charge < -0.3 is 10.2 Å². The summed E-state index contributed by atoms with van der Waals surface area (Å²) < 4.78 is 0. The molecule has 0 radical (unpaired) electrons. The lowest BCUT2D eigenvalue weighted by Crippen LogP contribution is -2.41. The molecule has 2 aliphatic heterocycles. The number of nitrogens with zero attached hydrogens (tertiary/aromatic N) is 1. The van der Waals surface area contributed by atoms with E-state index in [1.807, 2.05) is 26.0 Å². The number of amides is 2.